The molecule has 1 aliphatic rings. The van der Waals surface area contributed by atoms with Crippen molar-refractivity contribution in [2.24, 2.45) is 5.41 Å². The van der Waals surface area contributed by atoms with Crippen molar-refractivity contribution >= 4 is 12.0 Å². The Balaban J connectivity index is 2.81. The van der Waals surface area contributed by atoms with E-state index in [1.807, 2.05) is 4.90 Å². The van der Waals surface area contributed by atoms with Crippen LogP contribution in [0.4, 0.5) is 4.79 Å². The minimum absolute atomic E-state index is 0.132. The van der Waals surface area contributed by atoms with Crippen molar-refractivity contribution in [1.82, 2.24) is 10.2 Å². The van der Waals surface area contributed by atoms with Crippen LogP contribution in [0.3, 0.4) is 0 Å². The number of carbonyl (C=O) groups excluding carboxylic acids is 1. The molecule has 0 aliphatic carbocycles. The molecule has 5 nitrogen and oxygen atoms in total. The fourth-order valence-corrected chi connectivity index (χ4v) is 2.66. The maximum absolute atomic E-state index is 12.6. The molecular formula is C16H30N2O3. The van der Waals surface area contributed by atoms with E-state index in [0.717, 1.165) is 32.2 Å². The third-order valence-electron chi connectivity index (χ3n) is 5.03. The lowest BCUT2D eigenvalue weighted by Crippen LogP contribution is -2.61. The number of amides is 2. The molecule has 0 bridgehead atoms. The molecule has 5 heteroatoms. The molecule has 0 aromatic heterocycles. The van der Waals surface area contributed by atoms with E-state index in [1.165, 1.54) is 6.42 Å². The summed E-state index contributed by atoms with van der Waals surface area (Å²) in [5.41, 5.74) is -1.84. The number of rotatable bonds is 5. The third-order valence-corrected chi connectivity index (χ3v) is 5.03. The summed E-state index contributed by atoms with van der Waals surface area (Å²) in [6.45, 7) is 9.74. The lowest BCUT2D eigenvalue weighted by atomic mass is 9.74. The van der Waals surface area contributed by atoms with Gasteiger partial charge in [0.25, 0.3) is 0 Å². The summed E-state index contributed by atoms with van der Waals surface area (Å²) >= 11 is 0. The molecule has 1 unspecified atom stereocenters. The third kappa shape index (κ3) is 3.89. The Kier molecular flexibility index (Phi) is 5.65. The van der Waals surface area contributed by atoms with Gasteiger partial charge < -0.3 is 15.3 Å². The predicted octanol–water partition coefficient (Wildman–Crippen LogP) is 3.24. The van der Waals surface area contributed by atoms with Crippen molar-refractivity contribution in [3.05, 3.63) is 0 Å². The van der Waals surface area contributed by atoms with Gasteiger partial charge in [0.1, 0.15) is 0 Å². The zero-order valence-electron chi connectivity index (χ0n) is 14.0. The molecule has 1 fully saturated rings. The van der Waals surface area contributed by atoms with Crippen LogP contribution in [0.25, 0.3) is 0 Å². The molecule has 0 aromatic carbocycles. The number of carbonyl (C=O) groups is 2. The summed E-state index contributed by atoms with van der Waals surface area (Å²) in [5.74, 6) is -0.906. The molecular weight excluding hydrogens is 268 g/mol. The van der Waals surface area contributed by atoms with Crippen molar-refractivity contribution in [2.45, 2.75) is 78.3 Å². The molecule has 1 rings (SSSR count). The van der Waals surface area contributed by atoms with E-state index >= 15 is 0 Å². The molecule has 0 saturated carbocycles. The number of likely N-dealkylation sites (tertiary alicyclic amines) is 1. The van der Waals surface area contributed by atoms with Crippen molar-refractivity contribution in [3.63, 3.8) is 0 Å². The van der Waals surface area contributed by atoms with E-state index in [1.54, 1.807) is 27.7 Å². The van der Waals surface area contributed by atoms with Gasteiger partial charge in [0.15, 0.2) is 0 Å². The number of carboxylic acids is 1. The van der Waals surface area contributed by atoms with Crippen LogP contribution in [0.5, 0.6) is 0 Å². The molecule has 1 atom stereocenters. The van der Waals surface area contributed by atoms with Gasteiger partial charge in [0, 0.05) is 12.6 Å². The van der Waals surface area contributed by atoms with Gasteiger partial charge in [-0.05, 0) is 53.4 Å². The fourth-order valence-electron chi connectivity index (χ4n) is 2.66. The highest BCUT2D eigenvalue weighted by Gasteiger charge is 2.45. The molecule has 122 valence electrons. The van der Waals surface area contributed by atoms with Crippen LogP contribution in [0.2, 0.25) is 0 Å². The molecule has 2 N–H and O–H groups in total. The van der Waals surface area contributed by atoms with Gasteiger partial charge in [-0.2, -0.15) is 0 Å². The number of carboxylic acid groups (broad SMARTS) is 1. The van der Waals surface area contributed by atoms with Crippen LogP contribution >= 0.6 is 0 Å². The first kappa shape index (κ1) is 17.8. The first-order chi connectivity index (χ1) is 9.63. The van der Waals surface area contributed by atoms with Gasteiger partial charge in [0.2, 0.25) is 0 Å². The number of piperidine rings is 1. The number of aliphatic carboxylic acids is 1. The average molecular weight is 298 g/mol. The van der Waals surface area contributed by atoms with E-state index in [0.29, 0.717) is 0 Å². The summed E-state index contributed by atoms with van der Waals surface area (Å²) in [4.78, 5) is 25.9. The van der Waals surface area contributed by atoms with Crippen molar-refractivity contribution < 1.29 is 14.7 Å². The fraction of sp³-hybridized carbons (Fsp3) is 0.875. The normalized spacial score (nSPS) is 20.2. The maximum Gasteiger partial charge on any atom is 0.318 e. The van der Waals surface area contributed by atoms with Gasteiger partial charge in [-0.1, -0.05) is 13.3 Å². The molecule has 0 radical (unpaired) electrons. The molecule has 0 aromatic rings. The number of nitrogens with zero attached hydrogens (tertiary/aromatic N) is 1. The standard InChI is InChI=1S/C16H30N2O3/c1-6-9-12-10-7-8-11-18(12)14(21)17-16(4,5)15(2,3)13(19)20/h12H,6-11H2,1-5H3,(H,17,21)(H,19,20). The summed E-state index contributed by atoms with van der Waals surface area (Å²) in [7, 11) is 0. The second kappa shape index (κ2) is 6.67. The van der Waals surface area contributed by atoms with E-state index in [2.05, 4.69) is 12.2 Å². The van der Waals surface area contributed by atoms with Crippen molar-refractivity contribution in [1.29, 1.82) is 0 Å². The molecule has 21 heavy (non-hydrogen) atoms. The van der Waals surface area contributed by atoms with Crippen molar-refractivity contribution in [3.8, 4) is 0 Å². The summed E-state index contributed by atoms with van der Waals surface area (Å²) in [5, 5.41) is 12.3. The maximum atomic E-state index is 12.6. The Hall–Kier alpha value is -1.26. The van der Waals surface area contributed by atoms with Crippen LogP contribution < -0.4 is 5.32 Å². The van der Waals surface area contributed by atoms with Crippen molar-refractivity contribution in [2.75, 3.05) is 6.54 Å². The monoisotopic (exact) mass is 298 g/mol. The highest BCUT2D eigenvalue weighted by Crippen LogP contribution is 2.31. The molecule has 1 heterocycles. The first-order valence-electron chi connectivity index (χ1n) is 7.95. The Morgan fingerprint density at radius 1 is 1.24 bits per heavy atom. The number of hydrogen-bond donors (Lipinski definition) is 2. The van der Waals surface area contributed by atoms with Crippen LogP contribution in [-0.2, 0) is 4.79 Å². The lowest BCUT2D eigenvalue weighted by Gasteiger charge is -2.42. The minimum Gasteiger partial charge on any atom is -0.481 e. The van der Waals surface area contributed by atoms with Gasteiger partial charge in [-0.25, -0.2) is 4.79 Å². The highest BCUT2D eigenvalue weighted by molar-refractivity contribution is 5.80. The zero-order valence-corrected chi connectivity index (χ0v) is 14.0. The second-order valence-electron chi connectivity index (χ2n) is 7.12. The molecule has 2 amide bonds. The Labute approximate surface area is 128 Å². The van der Waals surface area contributed by atoms with E-state index in [9.17, 15) is 14.7 Å². The minimum atomic E-state index is -1.03. The molecule has 0 spiro atoms. The highest BCUT2D eigenvalue weighted by atomic mass is 16.4. The van der Waals surface area contributed by atoms with Crippen LogP contribution in [0.1, 0.15) is 66.7 Å². The van der Waals surface area contributed by atoms with E-state index < -0.39 is 16.9 Å². The summed E-state index contributed by atoms with van der Waals surface area (Å²) in [6, 6.07) is 0.153. The number of nitrogens with one attached hydrogen (secondary N) is 1. The van der Waals surface area contributed by atoms with Crippen LogP contribution in [0, 0.1) is 5.41 Å². The quantitative estimate of drug-likeness (QED) is 0.818. The predicted molar refractivity (Wildman–Crippen MR) is 83.3 cm³/mol. The molecule has 1 aliphatic heterocycles. The Bertz CT molecular complexity index is 389. The van der Waals surface area contributed by atoms with Crippen LogP contribution in [0.15, 0.2) is 0 Å². The van der Waals surface area contributed by atoms with Gasteiger partial charge >= 0.3 is 12.0 Å². The smallest absolute Gasteiger partial charge is 0.318 e. The number of urea groups is 1. The summed E-state index contributed by atoms with van der Waals surface area (Å²) < 4.78 is 0. The average Bonchev–Trinajstić information content (AvgIpc) is 2.38. The van der Waals surface area contributed by atoms with Gasteiger partial charge in [-0.3, -0.25) is 4.79 Å². The Morgan fingerprint density at radius 3 is 2.38 bits per heavy atom. The lowest BCUT2D eigenvalue weighted by molar-refractivity contribution is -0.150. The van der Waals surface area contributed by atoms with E-state index in [4.69, 9.17) is 0 Å². The van der Waals surface area contributed by atoms with Gasteiger partial charge in [-0.15, -0.1) is 0 Å². The first-order valence-corrected chi connectivity index (χ1v) is 7.95. The number of hydrogen-bond acceptors (Lipinski definition) is 2. The van der Waals surface area contributed by atoms with Crippen LogP contribution in [-0.4, -0.2) is 40.1 Å². The Morgan fingerprint density at radius 2 is 1.86 bits per heavy atom. The van der Waals surface area contributed by atoms with E-state index in [-0.39, 0.29) is 12.1 Å². The zero-order chi connectivity index (χ0) is 16.3. The van der Waals surface area contributed by atoms with Gasteiger partial charge in [0.05, 0.1) is 11.0 Å². The molecule has 1 saturated heterocycles. The topological polar surface area (TPSA) is 69.6 Å². The summed E-state index contributed by atoms with van der Waals surface area (Å²) in [6.07, 6.45) is 5.30. The second-order valence-corrected chi connectivity index (χ2v) is 7.12. The SMILES string of the molecule is CCCC1CCCCN1C(=O)NC(C)(C)C(C)(C)C(=O)O. The largest absolute Gasteiger partial charge is 0.481 e.